The molecule has 58 valence electrons. The maximum absolute atomic E-state index is 12.7. The molecule has 1 aliphatic carbocycles. The topological polar surface area (TPSA) is 20.2 Å². The molecule has 10 heavy (non-hydrogen) atoms. The summed E-state index contributed by atoms with van der Waals surface area (Å²) in [6.45, 7) is 3.77. The van der Waals surface area contributed by atoms with Gasteiger partial charge in [-0.05, 0) is 25.7 Å². The summed E-state index contributed by atoms with van der Waals surface area (Å²) in [6.07, 6.45) is 0.721. The number of hydrogen-bond donors (Lipinski definition) is 1. The van der Waals surface area contributed by atoms with Crippen LogP contribution >= 0.6 is 0 Å². The van der Waals surface area contributed by atoms with E-state index in [0.717, 1.165) is 18.4 Å². The van der Waals surface area contributed by atoms with Crippen LogP contribution < -0.4 is 0 Å². The Bertz CT molecular complexity index is 119. The number of alkyl halides is 1. The second kappa shape index (κ2) is 3.15. The molecule has 0 aliphatic heterocycles. The number of rotatable bonds is 0. The second-order valence-electron chi connectivity index (χ2n) is 2.91. The van der Waals surface area contributed by atoms with Crippen LogP contribution in [-0.2, 0) is 0 Å². The van der Waals surface area contributed by atoms with Crippen molar-refractivity contribution in [3.8, 4) is 0 Å². The Labute approximate surface area is 60.6 Å². The van der Waals surface area contributed by atoms with Crippen molar-refractivity contribution < 1.29 is 9.50 Å². The quantitative estimate of drug-likeness (QED) is 0.406. The lowest BCUT2D eigenvalue weighted by Crippen LogP contribution is -2.19. The van der Waals surface area contributed by atoms with E-state index < -0.39 is 12.3 Å². The molecule has 1 rings (SSSR count). The number of halogens is 1. The third-order valence-corrected chi connectivity index (χ3v) is 1.98. The first kappa shape index (κ1) is 7.73. The van der Waals surface area contributed by atoms with Crippen LogP contribution in [0.3, 0.4) is 0 Å². The molecule has 0 bridgehead atoms. The zero-order valence-electron chi connectivity index (χ0n) is 6.02. The molecule has 1 N–H and O–H groups in total. The molecule has 2 unspecified atom stereocenters. The Kier molecular flexibility index (Phi) is 2.44. The fourth-order valence-corrected chi connectivity index (χ4v) is 1.19. The van der Waals surface area contributed by atoms with E-state index >= 15 is 0 Å². The van der Waals surface area contributed by atoms with Gasteiger partial charge in [-0.25, -0.2) is 4.39 Å². The summed E-state index contributed by atoms with van der Waals surface area (Å²) in [5.41, 5.74) is 1.07. The molecule has 1 fully saturated rings. The highest BCUT2D eigenvalue weighted by atomic mass is 19.1. The van der Waals surface area contributed by atoms with Gasteiger partial charge in [-0.1, -0.05) is 12.2 Å². The molecule has 0 amide bonds. The minimum absolute atomic E-state index is 0.444. The minimum Gasteiger partial charge on any atom is -0.390 e. The van der Waals surface area contributed by atoms with Gasteiger partial charge in [0.1, 0.15) is 6.17 Å². The fraction of sp³-hybridized carbons (Fsp3) is 0.750. The van der Waals surface area contributed by atoms with Gasteiger partial charge in [0.05, 0.1) is 6.10 Å². The maximum Gasteiger partial charge on any atom is 0.126 e. The molecule has 0 radical (unpaired) electrons. The Hall–Kier alpha value is -0.370. The molecule has 2 atom stereocenters. The summed E-state index contributed by atoms with van der Waals surface area (Å²) in [5, 5.41) is 9.06. The first-order valence-corrected chi connectivity index (χ1v) is 3.69. The van der Waals surface area contributed by atoms with E-state index in [9.17, 15) is 4.39 Å². The Morgan fingerprint density at radius 1 is 1.40 bits per heavy atom. The largest absolute Gasteiger partial charge is 0.390 e. The van der Waals surface area contributed by atoms with Crippen molar-refractivity contribution in [2.75, 3.05) is 0 Å². The highest BCUT2D eigenvalue weighted by Crippen LogP contribution is 2.23. The van der Waals surface area contributed by atoms with E-state index in [1.54, 1.807) is 0 Å². The zero-order valence-corrected chi connectivity index (χ0v) is 6.02. The van der Waals surface area contributed by atoms with Crippen molar-refractivity contribution in [1.82, 2.24) is 0 Å². The molecular weight excluding hydrogens is 131 g/mol. The standard InChI is InChI=1S/C8H13FO/c1-6-2-4-7(9)8(10)5-3-6/h7-8,10H,1-5H2. The van der Waals surface area contributed by atoms with E-state index in [2.05, 4.69) is 6.58 Å². The van der Waals surface area contributed by atoms with Crippen molar-refractivity contribution in [2.45, 2.75) is 38.0 Å². The number of allylic oxidation sites excluding steroid dienone is 1. The van der Waals surface area contributed by atoms with Gasteiger partial charge >= 0.3 is 0 Å². The molecule has 2 heteroatoms. The highest BCUT2D eigenvalue weighted by molar-refractivity contribution is 4.98. The van der Waals surface area contributed by atoms with Crippen LogP contribution in [0.5, 0.6) is 0 Å². The van der Waals surface area contributed by atoms with Gasteiger partial charge in [-0.2, -0.15) is 0 Å². The van der Waals surface area contributed by atoms with Crippen LogP contribution in [0.4, 0.5) is 4.39 Å². The van der Waals surface area contributed by atoms with E-state index in [1.807, 2.05) is 0 Å². The van der Waals surface area contributed by atoms with E-state index in [1.165, 1.54) is 0 Å². The molecule has 0 spiro atoms. The average molecular weight is 144 g/mol. The average Bonchev–Trinajstić information content (AvgIpc) is 2.04. The molecule has 0 aromatic carbocycles. The molecular formula is C8H13FO. The smallest absolute Gasteiger partial charge is 0.126 e. The van der Waals surface area contributed by atoms with Crippen molar-refractivity contribution in [1.29, 1.82) is 0 Å². The second-order valence-corrected chi connectivity index (χ2v) is 2.91. The van der Waals surface area contributed by atoms with Gasteiger partial charge in [0.25, 0.3) is 0 Å². The van der Waals surface area contributed by atoms with Crippen LogP contribution in [0, 0.1) is 0 Å². The van der Waals surface area contributed by atoms with Gasteiger partial charge in [0, 0.05) is 0 Å². The van der Waals surface area contributed by atoms with E-state index in [0.29, 0.717) is 12.8 Å². The third-order valence-electron chi connectivity index (χ3n) is 1.98. The Balaban J connectivity index is 2.46. The zero-order chi connectivity index (χ0) is 7.56. The maximum atomic E-state index is 12.7. The van der Waals surface area contributed by atoms with Crippen LogP contribution in [-0.4, -0.2) is 17.4 Å². The van der Waals surface area contributed by atoms with Gasteiger partial charge in [0.2, 0.25) is 0 Å². The van der Waals surface area contributed by atoms with Crippen LogP contribution in [0.25, 0.3) is 0 Å². The van der Waals surface area contributed by atoms with Crippen molar-refractivity contribution in [3.63, 3.8) is 0 Å². The summed E-state index contributed by atoms with van der Waals surface area (Å²) in [6, 6.07) is 0. The van der Waals surface area contributed by atoms with Crippen LogP contribution in [0.15, 0.2) is 12.2 Å². The minimum atomic E-state index is -1.03. The molecule has 0 saturated heterocycles. The van der Waals surface area contributed by atoms with E-state index in [4.69, 9.17) is 5.11 Å². The number of aliphatic hydroxyl groups excluding tert-OH is 1. The normalized spacial score (nSPS) is 35.6. The lowest BCUT2D eigenvalue weighted by molar-refractivity contribution is 0.0725. The lowest BCUT2D eigenvalue weighted by Gasteiger charge is -2.09. The summed E-state index contributed by atoms with van der Waals surface area (Å²) in [4.78, 5) is 0. The van der Waals surface area contributed by atoms with Crippen molar-refractivity contribution in [3.05, 3.63) is 12.2 Å². The summed E-state index contributed by atoms with van der Waals surface area (Å²) in [5.74, 6) is 0. The highest BCUT2D eigenvalue weighted by Gasteiger charge is 2.21. The van der Waals surface area contributed by atoms with Gasteiger partial charge in [-0.3, -0.25) is 0 Å². The Morgan fingerprint density at radius 3 is 2.70 bits per heavy atom. The predicted molar refractivity (Wildman–Crippen MR) is 38.5 cm³/mol. The number of aliphatic hydroxyl groups is 1. The van der Waals surface area contributed by atoms with E-state index in [-0.39, 0.29) is 0 Å². The summed E-state index contributed by atoms with van der Waals surface area (Å²) in [7, 11) is 0. The first-order chi connectivity index (χ1) is 4.70. The third kappa shape index (κ3) is 1.81. The molecule has 0 heterocycles. The number of hydrogen-bond acceptors (Lipinski definition) is 1. The van der Waals surface area contributed by atoms with Crippen molar-refractivity contribution in [2.24, 2.45) is 0 Å². The summed E-state index contributed by atoms with van der Waals surface area (Å²) < 4.78 is 12.7. The van der Waals surface area contributed by atoms with Crippen LogP contribution in [0.2, 0.25) is 0 Å². The molecule has 0 aromatic heterocycles. The van der Waals surface area contributed by atoms with Gasteiger partial charge < -0.3 is 5.11 Å². The SMILES string of the molecule is C=C1CCC(O)C(F)CC1. The first-order valence-electron chi connectivity index (χ1n) is 3.69. The Morgan fingerprint density at radius 2 is 2.00 bits per heavy atom. The lowest BCUT2D eigenvalue weighted by atomic mass is 10.1. The van der Waals surface area contributed by atoms with Crippen molar-refractivity contribution >= 4 is 0 Å². The van der Waals surface area contributed by atoms with Gasteiger partial charge in [0.15, 0.2) is 0 Å². The predicted octanol–water partition coefficient (Wildman–Crippen LogP) is 1.82. The molecule has 1 saturated carbocycles. The molecule has 1 nitrogen and oxygen atoms in total. The fourth-order valence-electron chi connectivity index (χ4n) is 1.19. The summed E-state index contributed by atoms with van der Waals surface area (Å²) >= 11 is 0. The monoisotopic (exact) mass is 144 g/mol. The molecule has 1 aliphatic rings. The van der Waals surface area contributed by atoms with Gasteiger partial charge in [-0.15, -0.1) is 0 Å². The van der Waals surface area contributed by atoms with Crippen LogP contribution in [0.1, 0.15) is 25.7 Å². The molecule has 0 aromatic rings.